The summed E-state index contributed by atoms with van der Waals surface area (Å²) in [6, 6.07) is 12.4. The molecular formula is C21H11N3O8. The van der Waals surface area contributed by atoms with Gasteiger partial charge in [0, 0.05) is 29.3 Å². The van der Waals surface area contributed by atoms with Crippen LogP contribution in [0.3, 0.4) is 0 Å². The summed E-state index contributed by atoms with van der Waals surface area (Å²) in [5.74, 6) is -1.52. The van der Waals surface area contributed by atoms with Gasteiger partial charge in [-0.1, -0.05) is 30.3 Å². The summed E-state index contributed by atoms with van der Waals surface area (Å²) >= 11 is 0. The Balaban J connectivity index is 2.19. The Morgan fingerprint density at radius 3 is 1.88 bits per heavy atom. The third-order valence-corrected chi connectivity index (χ3v) is 5.02. The highest BCUT2D eigenvalue weighted by Crippen LogP contribution is 2.53. The zero-order valence-electron chi connectivity index (χ0n) is 15.9. The van der Waals surface area contributed by atoms with Crippen LogP contribution in [0.5, 0.6) is 0 Å². The number of carboxylic acid groups (broad SMARTS) is 1. The minimum atomic E-state index is -1.52. The molecule has 0 aliphatic heterocycles. The van der Waals surface area contributed by atoms with Crippen molar-refractivity contribution in [2.75, 3.05) is 0 Å². The molecule has 0 saturated carbocycles. The lowest BCUT2D eigenvalue weighted by Crippen LogP contribution is -2.03. The van der Waals surface area contributed by atoms with Gasteiger partial charge in [0.05, 0.1) is 32.0 Å². The predicted molar refractivity (Wildman–Crippen MR) is 112 cm³/mol. The average molecular weight is 433 g/mol. The molecule has 3 aromatic rings. The van der Waals surface area contributed by atoms with Crippen molar-refractivity contribution in [1.29, 1.82) is 0 Å². The van der Waals surface area contributed by atoms with Crippen LogP contribution in [0.4, 0.5) is 17.1 Å². The van der Waals surface area contributed by atoms with Gasteiger partial charge in [-0.2, -0.15) is 0 Å². The monoisotopic (exact) mass is 433 g/mol. The van der Waals surface area contributed by atoms with E-state index in [1.165, 1.54) is 0 Å². The molecule has 1 aliphatic rings. The lowest BCUT2D eigenvalue weighted by molar-refractivity contribution is -0.393. The van der Waals surface area contributed by atoms with Crippen LogP contribution in [-0.2, 0) is 0 Å². The summed E-state index contributed by atoms with van der Waals surface area (Å²) in [5.41, 5.74) is -1.55. The largest absolute Gasteiger partial charge is 0.478 e. The van der Waals surface area contributed by atoms with Gasteiger partial charge >= 0.3 is 5.97 Å². The van der Waals surface area contributed by atoms with E-state index in [-0.39, 0.29) is 27.8 Å². The summed E-state index contributed by atoms with van der Waals surface area (Å²) in [6.07, 6.45) is 1.55. The molecule has 1 N–H and O–H groups in total. The molecule has 0 aromatic heterocycles. The second kappa shape index (κ2) is 7.40. The number of hydrogen-bond acceptors (Lipinski definition) is 7. The van der Waals surface area contributed by atoms with E-state index in [0.29, 0.717) is 5.56 Å². The van der Waals surface area contributed by atoms with Crippen LogP contribution in [0.1, 0.15) is 27.0 Å². The smallest absolute Gasteiger partial charge is 0.336 e. The lowest BCUT2D eigenvalue weighted by atomic mass is 9.96. The van der Waals surface area contributed by atoms with Gasteiger partial charge in [-0.15, -0.1) is 0 Å². The first-order valence-electron chi connectivity index (χ1n) is 8.99. The molecule has 11 heteroatoms. The molecule has 0 spiro atoms. The fraction of sp³-hybridized carbons (Fsp3) is 0. The molecule has 0 radical (unpaired) electrons. The summed E-state index contributed by atoms with van der Waals surface area (Å²) in [7, 11) is 0. The van der Waals surface area contributed by atoms with Crippen LogP contribution in [0.25, 0.3) is 22.8 Å². The van der Waals surface area contributed by atoms with Crippen LogP contribution < -0.4 is 0 Å². The van der Waals surface area contributed by atoms with E-state index in [4.69, 9.17) is 0 Å². The molecule has 0 amide bonds. The van der Waals surface area contributed by atoms with E-state index < -0.39 is 43.4 Å². The van der Waals surface area contributed by atoms with Crippen molar-refractivity contribution in [3.05, 3.63) is 107 Å². The molecule has 0 unspecified atom stereocenters. The molecular weight excluding hydrogens is 422 g/mol. The Kier molecular flexibility index (Phi) is 4.70. The van der Waals surface area contributed by atoms with E-state index in [9.17, 15) is 40.2 Å². The van der Waals surface area contributed by atoms with Crippen LogP contribution in [-0.4, -0.2) is 25.8 Å². The molecule has 158 valence electrons. The number of aromatic carboxylic acids is 1. The normalized spacial score (nSPS) is 12.8. The molecule has 0 atom stereocenters. The SMILES string of the molecule is O=C(O)c1cc([N+](=O)[O-])cc2c1-c1c(cc([N+](=O)[O-])cc1[N+](=O)[O-])/C2=C/c1ccccc1. The van der Waals surface area contributed by atoms with Gasteiger partial charge in [-0.05, 0) is 22.8 Å². The van der Waals surface area contributed by atoms with Crippen molar-refractivity contribution >= 4 is 34.7 Å². The second-order valence-electron chi connectivity index (χ2n) is 6.85. The number of nitro groups is 3. The van der Waals surface area contributed by atoms with Crippen molar-refractivity contribution in [2.45, 2.75) is 0 Å². The van der Waals surface area contributed by atoms with Crippen molar-refractivity contribution < 1.29 is 24.7 Å². The Hall–Kier alpha value is -4.93. The van der Waals surface area contributed by atoms with Crippen molar-refractivity contribution in [1.82, 2.24) is 0 Å². The highest BCUT2D eigenvalue weighted by molar-refractivity contribution is 6.14. The quantitative estimate of drug-likeness (QED) is 0.350. The first kappa shape index (κ1) is 20.3. The number of benzene rings is 3. The molecule has 11 nitrogen and oxygen atoms in total. The Morgan fingerprint density at radius 2 is 1.34 bits per heavy atom. The van der Waals surface area contributed by atoms with Crippen molar-refractivity contribution in [2.24, 2.45) is 0 Å². The molecule has 0 saturated heterocycles. The maximum absolute atomic E-state index is 11.9. The molecule has 32 heavy (non-hydrogen) atoms. The number of nitro benzene ring substituents is 3. The molecule has 1 aliphatic carbocycles. The topological polar surface area (TPSA) is 167 Å². The zero-order chi connectivity index (χ0) is 23.2. The average Bonchev–Trinajstić information content (AvgIpc) is 3.06. The maximum Gasteiger partial charge on any atom is 0.336 e. The first-order chi connectivity index (χ1) is 15.2. The minimum absolute atomic E-state index is 0.0488. The van der Waals surface area contributed by atoms with Crippen molar-refractivity contribution in [3.8, 4) is 11.1 Å². The number of rotatable bonds is 5. The second-order valence-corrected chi connectivity index (χ2v) is 6.85. The van der Waals surface area contributed by atoms with Crippen molar-refractivity contribution in [3.63, 3.8) is 0 Å². The fourth-order valence-electron chi connectivity index (χ4n) is 3.74. The Labute approximate surface area is 178 Å². The molecule has 3 aromatic carbocycles. The highest BCUT2D eigenvalue weighted by Gasteiger charge is 2.38. The van der Waals surface area contributed by atoms with Crippen LogP contribution >= 0.6 is 0 Å². The van der Waals surface area contributed by atoms with Gasteiger partial charge in [0.1, 0.15) is 0 Å². The lowest BCUT2D eigenvalue weighted by Gasteiger charge is -2.07. The third-order valence-electron chi connectivity index (χ3n) is 5.02. The number of nitrogens with zero attached hydrogens (tertiary/aromatic N) is 3. The van der Waals surface area contributed by atoms with Gasteiger partial charge in [0.15, 0.2) is 0 Å². The van der Waals surface area contributed by atoms with Gasteiger partial charge in [0.25, 0.3) is 17.1 Å². The Morgan fingerprint density at radius 1 is 0.781 bits per heavy atom. The fourth-order valence-corrected chi connectivity index (χ4v) is 3.74. The summed E-state index contributed by atoms with van der Waals surface area (Å²) in [6.45, 7) is 0. The van der Waals surface area contributed by atoms with Gasteiger partial charge < -0.3 is 5.11 Å². The Bertz CT molecular complexity index is 1300. The van der Waals surface area contributed by atoms with E-state index >= 15 is 0 Å². The van der Waals surface area contributed by atoms with Crippen LogP contribution in [0.2, 0.25) is 0 Å². The predicted octanol–water partition coefficient (Wildman–Crippen LogP) is 4.68. The molecule has 4 rings (SSSR count). The van der Waals surface area contributed by atoms with Gasteiger partial charge in [-0.25, -0.2) is 4.79 Å². The third kappa shape index (κ3) is 3.23. The van der Waals surface area contributed by atoms with E-state index in [0.717, 1.165) is 24.3 Å². The first-order valence-corrected chi connectivity index (χ1v) is 8.99. The highest BCUT2D eigenvalue weighted by atomic mass is 16.6. The van der Waals surface area contributed by atoms with Gasteiger partial charge in [0.2, 0.25) is 0 Å². The minimum Gasteiger partial charge on any atom is -0.478 e. The van der Waals surface area contributed by atoms with Crippen LogP contribution in [0, 0.1) is 30.3 Å². The van der Waals surface area contributed by atoms with Gasteiger partial charge in [-0.3, -0.25) is 30.3 Å². The number of hydrogen-bond donors (Lipinski definition) is 1. The number of carbonyl (C=O) groups is 1. The summed E-state index contributed by atoms with van der Waals surface area (Å²) in [4.78, 5) is 44.2. The van der Waals surface area contributed by atoms with E-state index in [1.54, 1.807) is 36.4 Å². The van der Waals surface area contributed by atoms with E-state index in [2.05, 4.69) is 0 Å². The number of fused-ring (bicyclic) bond motifs is 3. The number of non-ortho nitro benzene ring substituents is 2. The summed E-state index contributed by atoms with van der Waals surface area (Å²) in [5, 5.41) is 44.3. The molecule has 0 fully saturated rings. The molecule has 0 heterocycles. The standard InChI is InChI=1S/C21H11N3O8/c25-21(26)17-9-12(22(27)28)7-15-14(6-11-4-2-1-3-5-11)16-8-13(23(29)30)10-18(24(31)32)20(16)19(15)17/h1-10H,(H,25,26)/b14-6+. The summed E-state index contributed by atoms with van der Waals surface area (Å²) < 4.78 is 0. The maximum atomic E-state index is 11.9. The number of carboxylic acids is 1. The van der Waals surface area contributed by atoms with Crippen LogP contribution in [0.15, 0.2) is 54.6 Å². The zero-order valence-corrected chi connectivity index (χ0v) is 15.9. The molecule has 0 bridgehead atoms. The van der Waals surface area contributed by atoms with E-state index in [1.807, 2.05) is 0 Å².